The number of aromatic carboxylic acids is 1. The number of carboxylic acids is 1. The first-order valence-electron chi connectivity index (χ1n) is 3.05. The van der Waals surface area contributed by atoms with Gasteiger partial charge in [-0.25, -0.2) is 9.48 Å². The van der Waals surface area contributed by atoms with Crippen LogP contribution in [0.1, 0.15) is 10.5 Å². The molecule has 0 aliphatic heterocycles. The van der Waals surface area contributed by atoms with Gasteiger partial charge < -0.3 is 5.11 Å². The molecule has 0 amide bonds. The minimum Gasteiger partial charge on any atom is -0.476 e. The molecule has 1 N–H and O–H groups in total. The maximum atomic E-state index is 12.8. The van der Waals surface area contributed by atoms with Crippen LogP contribution >= 0.6 is 0 Å². The van der Waals surface area contributed by atoms with Gasteiger partial charge in [0.05, 0.1) is 4.92 Å². The number of aryl methyl sites for hydroxylation is 1. The maximum Gasteiger partial charge on any atom is 0.363 e. The van der Waals surface area contributed by atoms with Crippen LogP contribution in [-0.4, -0.2) is 25.8 Å². The van der Waals surface area contributed by atoms with Crippen LogP contribution < -0.4 is 0 Å². The summed E-state index contributed by atoms with van der Waals surface area (Å²) in [6.45, 7) is 0. The van der Waals surface area contributed by atoms with Crippen molar-refractivity contribution >= 4 is 11.7 Å². The first kappa shape index (κ1) is 9.10. The quantitative estimate of drug-likeness (QED) is 0.527. The Balaban J connectivity index is 3.44. The summed E-state index contributed by atoms with van der Waals surface area (Å²) < 4.78 is 13.3. The summed E-state index contributed by atoms with van der Waals surface area (Å²) in [5.41, 5.74) is -2.01. The fourth-order valence-corrected chi connectivity index (χ4v) is 0.798. The minimum atomic E-state index is -1.63. The molecular weight excluding hydrogens is 185 g/mol. The van der Waals surface area contributed by atoms with Gasteiger partial charge in [0, 0.05) is 7.05 Å². The lowest BCUT2D eigenvalue weighted by molar-refractivity contribution is -0.388. The van der Waals surface area contributed by atoms with Crippen molar-refractivity contribution < 1.29 is 19.2 Å². The number of nitrogens with zero attached hydrogens (tertiary/aromatic N) is 3. The van der Waals surface area contributed by atoms with Gasteiger partial charge >= 0.3 is 11.7 Å². The number of halogens is 1. The molecule has 1 aromatic heterocycles. The molecule has 7 nitrogen and oxygen atoms in total. The second-order valence-corrected chi connectivity index (χ2v) is 2.17. The summed E-state index contributed by atoms with van der Waals surface area (Å²) in [6, 6.07) is 0. The number of hydrogen-bond donors (Lipinski definition) is 1. The third kappa shape index (κ3) is 1.33. The molecule has 0 spiro atoms. The van der Waals surface area contributed by atoms with E-state index in [-0.39, 0.29) is 0 Å². The van der Waals surface area contributed by atoms with E-state index in [1.807, 2.05) is 0 Å². The van der Waals surface area contributed by atoms with Gasteiger partial charge in [0.1, 0.15) is 0 Å². The molecule has 0 fully saturated rings. The molecule has 8 heteroatoms. The molecule has 0 radical (unpaired) electrons. The Morgan fingerprint density at radius 2 is 2.31 bits per heavy atom. The highest BCUT2D eigenvalue weighted by Crippen LogP contribution is 2.20. The molecule has 1 rings (SSSR count). The molecule has 0 aliphatic rings. The Hall–Kier alpha value is -1.99. The molecule has 70 valence electrons. The van der Waals surface area contributed by atoms with Crippen molar-refractivity contribution in [2.45, 2.75) is 0 Å². The Morgan fingerprint density at radius 1 is 1.77 bits per heavy atom. The van der Waals surface area contributed by atoms with Crippen molar-refractivity contribution in [3.8, 4) is 0 Å². The summed E-state index contributed by atoms with van der Waals surface area (Å²) in [4.78, 5) is 19.4. The predicted octanol–water partition coefficient (Wildman–Crippen LogP) is 0.166. The molecule has 0 atom stereocenters. The highest BCUT2D eigenvalue weighted by Gasteiger charge is 2.31. The van der Waals surface area contributed by atoms with Crippen LogP contribution in [-0.2, 0) is 7.05 Å². The lowest BCUT2D eigenvalue weighted by Crippen LogP contribution is -2.02. The molecule has 0 aliphatic carbocycles. The average Bonchev–Trinajstić information content (AvgIpc) is 2.28. The minimum absolute atomic E-state index is 0.502. The third-order valence-electron chi connectivity index (χ3n) is 1.34. The van der Waals surface area contributed by atoms with Gasteiger partial charge in [0.2, 0.25) is 0 Å². The van der Waals surface area contributed by atoms with E-state index in [0.29, 0.717) is 4.68 Å². The van der Waals surface area contributed by atoms with Gasteiger partial charge in [-0.1, -0.05) is 0 Å². The Morgan fingerprint density at radius 3 is 2.62 bits per heavy atom. The summed E-state index contributed by atoms with van der Waals surface area (Å²) in [7, 11) is 1.08. The smallest absolute Gasteiger partial charge is 0.363 e. The van der Waals surface area contributed by atoms with E-state index in [2.05, 4.69) is 5.10 Å². The van der Waals surface area contributed by atoms with E-state index in [4.69, 9.17) is 5.11 Å². The SMILES string of the molecule is Cn1nc(C(=O)O)c([N+](=O)[O-])c1F. The maximum absolute atomic E-state index is 12.8. The number of aromatic nitrogens is 2. The van der Waals surface area contributed by atoms with Crippen molar-refractivity contribution in [2.24, 2.45) is 7.05 Å². The molecule has 0 saturated heterocycles. The van der Waals surface area contributed by atoms with Crippen LogP contribution in [0.3, 0.4) is 0 Å². The Labute approximate surface area is 70.5 Å². The molecule has 0 aromatic carbocycles. The van der Waals surface area contributed by atoms with Gasteiger partial charge in [0.25, 0.3) is 11.6 Å². The molecule has 0 saturated carbocycles. The zero-order chi connectivity index (χ0) is 10.2. The zero-order valence-electron chi connectivity index (χ0n) is 6.39. The van der Waals surface area contributed by atoms with E-state index in [1.54, 1.807) is 0 Å². The summed E-state index contributed by atoms with van der Waals surface area (Å²) in [5.74, 6) is -2.91. The van der Waals surface area contributed by atoms with Crippen LogP contribution in [0.2, 0.25) is 0 Å². The van der Waals surface area contributed by atoms with Crippen LogP contribution in [0.4, 0.5) is 10.1 Å². The number of carbonyl (C=O) groups is 1. The second kappa shape index (κ2) is 2.81. The van der Waals surface area contributed by atoms with Gasteiger partial charge in [0.15, 0.2) is 0 Å². The van der Waals surface area contributed by atoms with Gasteiger partial charge in [-0.15, -0.1) is 0 Å². The van der Waals surface area contributed by atoms with Crippen molar-refractivity contribution in [2.75, 3.05) is 0 Å². The van der Waals surface area contributed by atoms with Gasteiger partial charge in [-0.3, -0.25) is 10.1 Å². The van der Waals surface area contributed by atoms with E-state index in [9.17, 15) is 19.3 Å². The van der Waals surface area contributed by atoms with Crippen LogP contribution in [0, 0.1) is 16.1 Å². The van der Waals surface area contributed by atoms with E-state index >= 15 is 0 Å². The highest BCUT2D eigenvalue weighted by atomic mass is 19.1. The fourth-order valence-electron chi connectivity index (χ4n) is 0.798. The lowest BCUT2D eigenvalue weighted by Gasteiger charge is -1.86. The van der Waals surface area contributed by atoms with Crippen LogP contribution in [0.25, 0.3) is 0 Å². The average molecular weight is 189 g/mol. The number of carboxylic acid groups (broad SMARTS) is 1. The van der Waals surface area contributed by atoms with Gasteiger partial charge in [-0.05, 0) is 0 Å². The van der Waals surface area contributed by atoms with E-state index in [1.165, 1.54) is 0 Å². The summed E-state index contributed by atoms with van der Waals surface area (Å²) in [5, 5.41) is 21.7. The molecule has 1 heterocycles. The van der Waals surface area contributed by atoms with Crippen molar-refractivity contribution in [1.82, 2.24) is 9.78 Å². The fraction of sp³-hybridized carbons (Fsp3) is 0.200. The van der Waals surface area contributed by atoms with Gasteiger partial charge in [-0.2, -0.15) is 9.49 Å². The normalized spacial score (nSPS) is 10.0. The molecule has 0 unspecified atom stereocenters. The topological polar surface area (TPSA) is 98.3 Å². The standard InChI is InChI=1S/C5H4FN3O4/c1-8-4(6)3(9(12)13)2(7-8)5(10)11/h1H3,(H,10,11). The van der Waals surface area contributed by atoms with Crippen LogP contribution in [0.5, 0.6) is 0 Å². The predicted molar refractivity (Wildman–Crippen MR) is 36.8 cm³/mol. The first-order chi connectivity index (χ1) is 5.95. The zero-order valence-corrected chi connectivity index (χ0v) is 6.39. The van der Waals surface area contributed by atoms with E-state index in [0.717, 1.165) is 7.05 Å². The summed E-state index contributed by atoms with van der Waals surface area (Å²) >= 11 is 0. The lowest BCUT2D eigenvalue weighted by atomic mass is 10.4. The van der Waals surface area contributed by atoms with Crippen molar-refractivity contribution in [3.63, 3.8) is 0 Å². The third-order valence-corrected chi connectivity index (χ3v) is 1.34. The van der Waals surface area contributed by atoms with E-state index < -0.39 is 28.2 Å². The van der Waals surface area contributed by atoms with Crippen molar-refractivity contribution in [1.29, 1.82) is 0 Å². The Kier molecular flexibility index (Phi) is 1.97. The first-order valence-corrected chi connectivity index (χ1v) is 3.05. The Bertz CT molecular complexity index is 385. The summed E-state index contributed by atoms with van der Waals surface area (Å²) in [6.07, 6.45) is 0. The molecule has 1 aromatic rings. The molecular formula is C5H4FN3O4. The van der Waals surface area contributed by atoms with Crippen LogP contribution in [0.15, 0.2) is 0 Å². The number of hydrogen-bond acceptors (Lipinski definition) is 4. The molecule has 13 heavy (non-hydrogen) atoms. The molecule has 0 bridgehead atoms. The number of rotatable bonds is 2. The largest absolute Gasteiger partial charge is 0.476 e. The monoisotopic (exact) mass is 189 g/mol. The second-order valence-electron chi connectivity index (χ2n) is 2.17. The van der Waals surface area contributed by atoms with Crippen molar-refractivity contribution in [3.05, 3.63) is 21.8 Å². The highest BCUT2D eigenvalue weighted by molar-refractivity contribution is 5.89. The number of nitro groups is 1.